The van der Waals surface area contributed by atoms with Crippen LogP contribution >= 0.6 is 0 Å². The summed E-state index contributed by atoms with van der Waals surface area (Å²) in [6, 6.07) is 3.21. The minimum absolute atomic E-state index is 0.245. The Labute approximate surface area is 153 Å². The largest absolute Gasteiger partial charge is 0.419 e. The van der Waals surface area contributed by atoms with Crippen molar-refractivity contribution in [3.8, 4) is 11.5 Å². The molecule has 1 aliphatic carbocycles. The van der Waals surface area contributed by atoms with Crippen molar-refractivity contribution < 1.29 is 26.4 Å². The van der Waals surface area contributed by atoms with E-state index in [1.807, 2.05) is 0 Å². The van der Waals surface area contributed by atoms with Gasteiger partial charge >= 0.3 is 0 Å². The molecule has 10 heteroatoms. The quantitative estimate of drug-likeness (QED) is 0.803. The summed E-state index contributed by atoms with van der Waals surface area (Å²) in [6.07, 6.45) is 6.05. The zero-order chi connectivity index (χ0) is 19.8. The lowest BCUT2D eigenvalue weighted by Crippen LogP contribution is -2.20. The van der Waals surface area contributed by atoms with E-state index in [0.717, 1.165) is 18.4 Å². The van der Waals surface area contributed by atoms with E-state index >= 15 is 0 Å². The third-order valence-corrected chi connectivity index (χ3v) is 5.30. The van der Waals surface area contributed by atoms with Gasteiger partial charge in [0, 0.05) is 12.0 Å². The molecule has 1 aliphatic rings. The summed E-state index contributed by atoms with van der Waals surface area (Å²) in [7, 11) is -3.33. The van der Waals surface area contributed by atoms with E-state index in [-0.39, 0.29) is 11.6 Å². The maximum Gasteiger partial charge on any atom is 0.273 e. The van der Waals surface area contributed by atoms with Crippen molar-refractivity contribution in [1.82, 2.24) is 4.98 Å². The second-order valence-electron chi connectivity index (χ2n) is 5.91. The summed E-state index contributed by atoms with van der Waals surface area (Å²) in [6.45, 7) is 0. The van der Waals surface area contributed by atoms with Gasteiger partial charge in [-0.3, -0.25) is 4.79 Å². The average Bonchev–Trinajstić information content (AvgIpc) is 2.98. The molecule has 0 spiro atoms. The second kappa shape index (κ2) is 6.95. The molecule has 0 fully saturated rings. The number of carbonyl (C=O) groups excluding carboxylic acids is 1. The number of allylic oxidation sites excluding steroid dienone is 2. The third-order valence-electron chi connectivity index (χ3n) is 3.88. The lowest BCUT2D eigenvalue weighted by Gasteiger charge is -2.15. The first kappa shape index (κ1) is 18.8. The number of amides is 1. The number of benzene rings is 1. The lowest BCUT2D eigenvalue weighted by molar-refractivity contribution is 0.0996. The van der Waals surface area contributed by atoms with E-state index in [9.17, 15) is 22.0 Å². The monoisotopic (exact) mass is 395 g/mol. The van der Waals surface area contributed by atoms with E-state index in [1.54, 1.807) is 12.2 Å². The number of carbonyl (C=O) groups is 1. The molecular weight excluding hydrogens is 380 g/mol. The Kier molecular flexibility index (Phi) is 4.83. The number of hydrogen-bond acceptors (Lipinski definition) is 6. The highest BCUT2D eigenvalue weighted by Gasteiger charge is 2.25. The topological polar surface area (TPSA) is 115 Å². The SMILES string of the molecule is CS(=O)(=O)C1C=C(Nc2oc(-c3c(F)cccc3F)nc2C(N)=O)C=CC1. The van der Waals surface area contributed by atoms with E-state index in [4.69, 9.17) is 10.2 Å². The first-order valence-electron chi connectivity index (χ1n) is 7.76. The number of halogens is 2. The van der Waals surface area contributed by atoms with Gasteiger partial charge in [-0.25, -0.2) is 22.2 Å². The van der Waals surface area contributed by atoms with Gasteiger partial charge in [-0.05, 0) is 30.7 Å². The van der Waals surface area contributed by atoms with Gasteiger partial charge in [-0.2, -0.15) is 0 Å². The summed E-state index contributed by atoms with van der Waals surface area (Å²) in [5.74, 6) is -3.54. The molecule has 0 saturated carbocycles. The first-order valence-corrected chi connectivity index (χ1v) is 9.71. The molecule has 1 aromatic heterocycles. The van der Waals surface area contributed by atoms with Crippen LogP contribution < -0.4 is 11.1 Å². The number of anilines is 1. The molecule has 1 aromatic carbocycles. The molecule has 7 nitrogen and oxygen atoms in total. The van der Waals surface area contributed by atoms with Crippen LogP contribution in [0, 0.1) is 11.6 Å². The van der Waals surface area contributed by atoms with Crippen molar-refractivity contribution in [2.45, 2.75) is 11.7 Å². The Balaban J connectivity index is 2.01. The molecule has 1 heterocycles. The number of primary amides is 1. The van der Waals surface area contributed by atoms with Crippen LogP contribution in [0.4, 0.5) is 14.7 Å². The molecule has 1 amide bonds. The number of nitrogens with one attached hydrogen (secondary N) is 1. The first-order chi connectivity index (χ1) is 12.7. The van der Waals surface area contributed by atoms with Crippen molar-refractivity contribution in [3.63, 3.8) is 0 Å². The van der Waals surface area contributed by atoms with E-state index in [1.165, 1.54) is 12.1 Å². The highest BCUT2D eigenvalue weighted by atomic mass is 32.2. The lowest BCUT2D eigenvalue weighted by atomic mass is 10.1. The molecule has 1 unspecified atom stereocenters. The Bertz CT molecular complexity index is 1050. The van der Waals surface area contributed by atoms with Crippen molar-refractivity contribution in [2.24, 2.45) is 5.73 Å². The minimum atomic E-state index is -3.33. The normalized spacial score (nSPS) is 16.9. The van der Waals surface area contributed by atoms with Gasteiger partial charge in [-0.1, -0.05) is 12.1 Å². The molecule has 0 aliphatic heterocycles. The van der Waals surface area contributed by atoms with E-state index in [0.29, 0.717) is 12.1 Å². The highest BCUT2D eigenvalue weighted by molar-refractivity contribution is 7.91. The zero-order valence-corrected chi connectivity index (χ0v) is 14.9. The van der Waals surface area contributed by atoms with Crippen LogP contribution in [0.1, 0.15) is 16.9 Å². The third kappa shape index (κ3) is 3.90. The van der Waals surface area contributed by atoms with Crippen LogP contribution in [-0.2, 0) is 9.84 Å². The Morgan fingerprint density at radius 3 is 2.59 bits per heavy atom. The molecule has 142 valence electrons. The van der Waals surface area contributed by atoms with Gasteiger partial charge in [-0.15, -0.1) is 0 Å². The van der Waals surface area contributed by atoms with E-state index in [2.05, 4.69) is 10.3 Å². The summed E-state index contributed by atoms with van der Waals surface area (Å²) >= 11 is 0. The number of sulfone groups is 1. The maximum atomic E-state index is 14.0. The fraction of sp³-hybridized carbons (Fsp3) is 0.176. The van der Waals surface area contributed by atoms with Gasteiger partial charge in [0.15, 0.2) is 15.5 Å². The molecule has 0 saturated heterocycles. The Morgan fingerprint density at radius 2 is 2.00 bits per heavy atom. The number of rotatable bonds is 5. The van der Waals surface area contributed by atoms with Crippen molar-refractivity contribution in [3.05, 3.63) is 59.5 Å². The molecule has 2 aromatic rings. The number of nitrogens with two attached hydrogens (primary N) is 1. The van der Waals surface area contributed by atoms with Crippen molar-refractivity contribution in [2.75, 3.05) is 11.6 Å². The predicted molar refractivity (Wildman–Crippen MR) is 94.5 cm³/mol. The van der Waals surface area contributed by atoms with Crippen LogP contribution in [0.3, 0.4) is 0 Å². The van der Waals surface area contributed by atoms with Crippen LogP contribution in [0.15, 0.2) is 46.5 Å². The van der Waals surface area contributed by atoms with Crippen LogP contribution in [-0.4, -0.2) is 30.8 Å². The van der Waals surface area contributed by atoms with Crippen LogP contribution in [0.5, 0.6) is 0 Å². The molecular formula is C17H15F2N3O4S. The molecule has 3 N–H and O–H groups in total. The smallest absolute Gasteiger partial charge is 0.273 e. The average molecular weight is 395 g/mol. The standard InChI is InChI=1S/C17H15F2N3O4S/c1-27(24,25)10-5-2-4-9(8-10)21-17-14(15(20)23)22-16(26-17)13-11(18)6-3-7-12(13)19/h2-4,6-8,10,21H,5H2,1H3,(H2,20,23). The zero-order valence-electron chi connectivity index (χ0n) is 14.1. The molecule has 1 atom stereocenters. The van der Waals surface area contributed by atoms with E-state index < -0.39 is 44.1 Å². The summed E-state index contributed by atoms with van der Waals surface area (Å²) in [5.41, 5.74) is 4.66. The Morgan fingerprint density at radius 1 is 1.33 bits per heavy atom. The van der Waals surface area contributed by atoms with Crippen LogP contribution in [0.2, 0.25) is 0 Å². The van der Waals surface area contributed by atoms with Gasteiger partial charge in [0.1, 0.15) is 17.2 Å². The van der Waals surface area contributed by atoms with Gasteiger partial charge < -0.3 is 15.5 Å². The number of hydrogen-bond donors (Lipinski definition) is 2. The van der Waals surface area contributed by atoms with Crippen molar-refractivity contribution >= 4 is 21.6 Å². The molecule has 27 heavy (non-hydrogen) atoms. The summed E-state index contributed by atoms with van der Waals surface area (Å²) in [4.78, 5) is 15.4. The van der Waals surface area contributed by atoms with Gasteiger partial charge in [0.05, 0.1) is 5.25 Å². The Hall–Kier alpha value is -3.01. The summed E-state index contributed by atoms with van der Waals surface area (Å²) in [5, 5.41) is 1.94. The van der Waals surface area contributed by atoms with Crippen molar-refractivity contribution in [1.29, 1.82) is 0 Å². The fourth-order valence-corrected chi connectivity index (χ4v) is 3.40. The van der Waals surface area contributed by atoms with Gasteiger partial charge in [0.2, 0.25) is 11.8 Å². The number of oxazole rings is 1. The molecule has 3 rings (SSSR count). The fourth-order valence-electron chi connectivity index (χ4n) is 2.55. The maximum absolute atomic E-state index is 14.0. The van der Waals surface area contributed by atoms with Crippen LogP contribution in [0.25, 0.3) is 11.5 Å². The number of aromatic nitrogens is 1. The molecule has 0 radical (unpaired) electrons. The van der Waals surface area contributed by atoms with Gasteiger partial charge in [0.25, 0.3) is 5.91 Å². The minimum Gasteiger partial charge on any atom is -0.419 e. The predicted octanol–water partition coefficient (Wildman–Crippen LogP) is 2.39. The second-order valence-corrected chi connectivity index (χ2v) is 8.18. The highest BCUT2D eigenvalue weighted by Crippen LogP contribution is 2.31. The number of nitrogens with zero attached hydrogens (tertiary/aromatic N) is 1. The summed E-state index contributed by atoms with van der Waals surface area (Å²) < 4.78 is 56.7. The molecule has 0 bridgehead atoms.